The average Bonchev–Trinajstić information content (AvgIpc) is 2.36. The lowest BCUT2D eigenvalue weighted by molar-refractivity contribution is 1.41. The van der Waals surface area contributed by atoms with Crippen LogP contribution in [-0.4, -0.2) is 0 Å². The maximum atomic E-state index is 9.10. The number of aryl methyl sites for hydroxylation is 1. The lowest BCUT2D eigenvalue weighted by Gasteiger charge is -2.13. The molecule has 0 aliphatic rings. The van der Waals surface area contributed by atoms with Crippen molar-refractivity contribution in [3.05, 3.63) is 51.0 Å². The number of nitrogens with zero attached hydrogens (tertiary/aromatic N) is 1. The molecule has 3 N–H and O–H groups in total. The van der Waals surface area contributed by atoms with Crippen LogP contribution in [0.3, 0.4) is 0 Å². The quantitative estimate of drug-likeness (QED) is 0.787. The van der Waals surface area contributed by atoms with Gasteiger partial charge in [0.1, 0.15) is 6.07 Å². The predicted octanol–water partition coefficient (Wildman–Crippen LogP) is 4.61. The molecule has 0 spiro atoms. The minimum absolute atomic E-state index is 0.488. The summed E-state index contributed by atoms with van der Waals surface area (Å²) in [4.78, 5) is 0. The molecule has 2 rings (SSSR count). The number of benzene rings is 2. The second-order valence-electron chi connectivity index (χ2n) is 4.12. The van der Waals surface area contributed by atoms with Crippen molar-refractivity contribution >= 4 is 44.6 Å². The molecule has 0 unspecified atom stereocenters. The highest BCUT2D eigenvalue weighted by Gasteiger charge is 2.07. The summed E-state index contributed by atoms with van der Waals surface area (Å²) in [6.07, 6.45) is 0. The number of rotatable bonds is 2. The van der Waals surface area contributed by atoms with Crippen LogP contribution in [0.15, 0.2) is 34.8 Å². The summed E-state index contributed by atoms with van der Waals surface area (Å²) in [5, 5.41) is 12.8. The average molecular weight is 337 g/mol. The van der Waals surface area contributed by atoms with Gasteiger partial charge in [0.05, 0.1) is 22.0 Å². The Labute approximate surface area is 125 Å². The zero-order valence-corrected chi connectivity index (χ0v) is 12.5. The van der Waals surface area contributed by atoms with E-state index in [1.165, 1.54) is 0 Å². The van der Waals surface area contributed by atoms with E-state index >= 15 is 0 Å². The van der Waals surface area contributed by atoms with Crippen LogP contribution in [0.1, 0.15) is 11.1 Å². The standard InChI is InChI=1S/C14H11BrClN3/c1-8-4-12(18)11(16)6-13(8)19-14-5-10(15)3-2-9(14)7-17/h2-6,19H,18H2,1H3. The Hall–Kier alpha value is -1.70. The van der Waals surface area contributed by atoms with Crippen molar-refractivity contribution in [2.75, 3.05) is 11.1 Å². The molecular weight excluding hydrogens is 326 g/mol. The highest BCUT2D eigenvalue weighted by Crippen LogP contribution is 2.31. The molecule has 2 aromatic rings. The Balaban J connectivity index is 2.45. The maximum Gasteiger partial charge on any atom is 0.101 e. The van der Waals surface area contributed by atoms with Crippen molar-refractivity contribution in [3.63, 3.8) is 0 Å². The summed E-state index contributed by atoms with van der Waals surface area (Å²) in [6, 6.07) is 11.1. The van der Waals surface area contributed by atoms with Crippen LogP contribution in [0.25, 0.3) is 0 Å². The molecule has 0 amide bonds. The lowest BCUT2D eigenvalue weighted by atomic mass is 10.1. The number of nitrogens with two attached hydrogens (primary N) is 1. The number of nitrogen functional groups attached to an aromatic ring is 1. The van der Waals surface area contributed by atoms with Crippen molar-refractivity contribution in [3.8, 4) is 6.07 Å². The van der Waals surface area contributed by atoms with E-state index in [0.717, 1.165) is 21.4 Å². The van der Waals surface area contributed by atoms with Gasteiger partial charge in [0.15, 0.2) is 0 Å². The first-order valence-electron chi connectivity index (χ1n) is 5.53. The molecule has 0 atom stereocenters. The van der Waals surface area contributed by atoms with Gasteiger partial charge in [-0.15, -0.1) is 0 Å². The van der Waals surface area contributed by atoms with E-state index in [0.29, 0.717) is 16.3 Å². The first-order chi connectivity index (χ1) is 9.01. The van der Waals surface area contributed by atoms with Crippen LogP contribution >= 0.6 is 27.5 Å². The van der Waals surface area contributed by atoms with Gasteiger partial charge in [-0.1, -0.05) is 27.5 Å². The smallest absolute Gasteiger partial charge is 0.101 e. The molecule has 2 aromatic carbocycles. The van der Waals surface area contributed by atoms with Gasteiger partial charge < -0.3 is 11.1 Å². The Morgan fingerprint density at radius 3 is 2.68 bits per heavy atom. The van der Waals surface area contributed by atoms with Gasteiger partial charge in [-0.3, -0.25) is 0 Å². The van der Waals surface area contributed by atoms with Gasteiger partial charge in [0.25, 0.3) is 0 Å². The van der Waals surface area contributed by atoms with Crippen LogP contribution in [0.2, 0.25) is 5.02 Å². The van der Waals surface area contributed by atoms with Crippen LogP contribution in [0, 0.1) is 18.3 Å². The number of nitrogens with one attached hydrogen (secondary N) is 1. The van der Waals surface area contributed by atoms with E-state index in [4.69, 9.17) is 22.6 Å². The van der Waals surface area contributed by atoms with Crippen LogP contribution in [-0.2, 0) is 0 Å². The van der Waals surface area contributed by atoms with Crippen molar-refractivity contribution in [2.24, 2.45) is 0 Å². The van der Waals surface area contributed by atoms with E-state index in [1.807, 2.05) is 19.1 Å². The van der Waals surface area contributed by atoms with E-state index in [-0.39, 0.29) is 0 Å². The molecule has 0 bridgehead atoms. The Morgan fingerprint density at radius 1 is 1.26 bits per heavy atom. The SMILES string of the molecule is Cc1cc(N)c(Cl)cc1Nc1cc(Br)ccc1C#N. The second kappa shape index (κ2) is 5.52. The molecule has 0 radical (unpaired) electrons. The van der Waals surface area contributed by atoms with E-state index < -0.39 is 0 Å². The fourth-order valence-electron chi connectivity index (χ4n) is 1.70. The molecule has 0 saturated heterocycles. The minimum atomic E-state index is 0.488. The number of halogens is 2. The number of anilines is 3. The molecule has 0 aliphatic heterocycles. The van der Waals surface area contributed by atoms with Crippen molar-refractivity contribution in [1.29, 1.82) is 5.26 Å². The largest absolute Gasteiger partial charge is 0.398 e. The molecule has 96 valence electrons. The van der Waals surface area contributed by atoms with E-state index in [1.54, 1.807) is 18.2 Å². The van der Waals surface area contributed by atoms with Crippen molar-refractivity contribution in [2.45, 2.75) is 6.92 Å². The fourth-order valence-corrected chi connectivity index (χ4v) is 2.23. The molecular formula is C14H11BrClN3. The Bertz CT molecular complexity index is 677. The molecule has 0 fully saturated rings. The van der Waals surface area contributed by atoms with Gasteiger partial charge in [-0.25, -0.2) is 0 Å². The van der Waals surface area contributed by atoms with Crippen molar-refractivity contribution < 1.29 is 0 Å². The van der Waals surface area contributed by atoms with Gasteiger partial charge in [0, 0.05) is 10.2 Å². The fraction of sp³-hybridized carbons (Fsp3) is 0.0714. The second-order valence-corrected chi connectivity index (χ2v) is 5.44. The molecule has 0 aliphatic carbocycles. The third kappa shape index (κ3) is 3.01. The first-order valence-corrected chi connectivity index (χ1v) is 6.70. The summed E-state index contributed by atoms with van der Waals surface area (Å²) in [5.74, 6) is 0. The topological polar surface area (TPSA) is 61.8 Å². The highest BCUT2D eigenvalue weighted by atomic mass is 79.9. The maximum absolute atomic E-state index is 9.10. The van der Waals surface area contributed by atoms with E-state index in [2.05, 4.69) is 27.3 Å². The minimum Gasteiger partial charge on any atom is -0.398 e. The summed E-state index contributed by atoms with van der Waals surface area (Å²) in [6.45, 7) is 1.93. The third-order valence-electron chi connectivity index (χ3n) is 2.72. The summed E-state index contributed by atoms with van der Waals surface area (Å²) in [5.41, 5.74) is 9.36. The Morgan fingerprint density at radius 2 is 2.00 bits per heavy atom. The molecule has 5 heteroatoms. The molecule has 0 saturated carbocycles. The normalized spacial score (nSPS) is 10.0. The number of hydrogen-bond donors (Lipinski definition) is 2. The molecule has 3 nitrogen and oxygen atoms in total. The lowest BCUT2D eigenvalue weighted by Crippen LogP contribution is -1.98. The van der Waals surface area contributed by atoms with Crippen LogP contribution < -0.4 is 11.1 Å². The third-order valence-corrected chi connectivity index (χ3v) is 3.54. The number of hydrogen-bond acceptors (Lipinski definition) is 3. The van der Waals surface area contributed by atoms with Crippen LogP contribution in [0.4, 0.5) is 17.1 Å². The first kappa shape index (κ1) is 13.7. The van der Waals surface area contributed by atoms with Gasteiger partial charge in [0.2, 0.25) is 0 Å². The van der Waals surface area contributed by atoms with Crippen LogP contribution in [0.5, 0.6) is 0 Å². The predicted molar refractivity (Wildman–Crippen MR) is 82.7 cm³/mol. The van der Waals surface area contributed by atoms with Gasteiger partial charge >= 0.3 is 0 Å². The highest BCUT2D eigenvalue weighted by molar-refractivity contribution is 9.10. The zero-order valence-electron chi connectivity index (χ0n) is 10.2. The zero-order chi connectivity index (χ0) is 14.0. The summed E-state index contributed by atoms with van der Waals surface area (Å²) in [7, 11) is 0. The van der Waals surface area contributed by atoms with Gasteiger partial charge in [-0.05, 0) is 42.8 Å². The molecule has 0 heterocycles. The van der Waals surface area contributed by atoms with Gasteiger partial charge in [-0.2, -0.15) is 5.26 Å². The summed E-state index contributed by atoms with van der Waals surface area (Å²) < 4.78 is 0.896. The Kier molecular flexibility index (Phi) is 3.98. The molecule has 0 aromatic heterocycles. The molecule has 19 heavy (non-hydrogen) atoms. The monoisotopic (exact) mass is 335 g/mol. The van der Waals surface area contributed by atoms with E-state index in [9.17, 15) is 0 Å². The van der Waals surface area contributed by atoms with Crippen molar-refractivity contribution in [1.82, 2.24) is 0 Å². The number of nitriles is 1. The summed E-state index contributed by atoms with van der Waals surface area (Å²) >= 11 is 9.41.